The molecular formula is C10H19N3O. The number of β-amino-alcohol motifs (C(OH)–C–C–N with tert-alkyl or cyclic N) is 1. The molecular weight excluding hydrogens is 178 g/mol. The standard InChI is InChI=1S/C10H19N3O/c11-9-2-1-3-10(12,6-9)8-13(7-9)4-5-14/h1-2,14H,3-8,11-12H2. The number of nitrogens with two attached hydrogens (primary N) is 2. The fourth-order valence-corrected chi connectivity index (χ4v) is 2.76. The molecule has 2 atom stereocenters. The number of piperidine rings is 1. The summed E-state index contributed by atoms with van der Waals surface area (Å²) in [5, 5.41) is 8.91. The number of nitrogens with zero attached hydrogens (tertiary/aromatic N) is 1. The Balaban J connectivity index is 2.15. The third-order valence-electron chi connectivity index (χ3n) is 3.13. The van der Waals surface area contributed by atoms with E-state index in [4.69, 9.17) is 16.6 Å². The first-order chi connectivity index (χ1) is 6.55. The summed E-state index contributed by atoms with van der Waals surface area (Å²) >= 11 is 0. The molecule has 2 unspecified atom stereocenters. The van der Waals surface area contributed by atoms with Crippen LogP contribution in [-0.2, 0) is 0 Å². The van der Waals surface area contributed by atoms with Crippen molar-refractivity contribution in [1.82, 2.24) is 4.90 Å². The summed E-state index contributed by atoms with van der Waals surface area (Å²) in [6.45, 7) is 2.50. The van der Waals surface area contributed by atoms with Crippen molar-refractivity contribution in [3.63, 3.8) is 0 Å². The van der Waals surface area contributed by atoms with Gasteiger partial charge in [-0.15, -0.1) is 0 Å². The number of aliphatic hydroxyl groups is 1. The van der Waals surface area contributed by atoms with E-state index < -0.39 is 0 Å². The highest BCUT2D eigenvalue weighted by atomic mass is 16.3. The maximum Gasteiger partial charge on any atom is 0.0558 e. The number of fused-ring (bicyclic) bond motifs is 2. The Labute approximate surface area is 84.6 Å². The smallest absolute Gasteiger partial charge is 0.0558 e. The monoisotopic (exact) mass is 197 g/mol. The SMILES string of the molecule is NC12C=CCC(N)(CN(CCO)C1)C2. The molecule has 2 bridgehead atoms. The first-order valence-electron chi connectivity index (χ1n) is 5.14. The van der Waals surface area contributed by atoms with Crippen LogP contribution in [-0.4, -0.2) is 47.3 Å². The maximum absolute atomic E-state index is 8.91. The van der Waals surface area contributed by atoms with Gasteiger partial charge in [0.15, 0.2) is 0 Å². The van der Waals surface area contributed by atoms with Crippen molar-refractivity contribution in [2.75, 3.05) is 26.2 Å². The molecule has 2 aliphatic rings. The van der Waals surface area contributed by atoms with E-state index >= 15 is 0 Å². The highest BCUT2D eigenvalue weighted by molar-refractivity contribution is 5.20. The maximum atomic E-state index is 8.91. The molecule has 1 aliphatic heterocycles. The van der Waals surface area contributed by atoms with E-state index in [-0.39, 0.29) is 17.7 Å². The average Bonchev–Trinajstić information content (AvgIpc) is 2.00. The van der Waals surface area contributed by atoms with Crippen LogP contribution >= 0.6 is 0 Å². The molecule has 14 heavy (non-hydrogen) atoms. The second-order valence-corrected chi connectivity index (χ2v) is 4.81. The molecule has 4 nitrogen and oxygen atoms in total. The van der Waals surface area contributed by atoms with Gasteiger partial charge in [-0.05, 0) is 12.8 Å². The molecule has 0 aromatic rings. The van der Waals surface area contributed by atoms with Gasteiger partial charge in [0.25, 0.3) is 0 Å². The molecule has 5 N–H and O–H groups in total. The lowest BCUT2D eigenvalue weighted by molar-refractivity contribution is 0.0813. The highest BCUT2D eigenvalue weighted by Gasteiger charge is 2.43. The molecule has 0 radical (unpaired) electrons. The first kappa shape index (κ1) is 10.1. The minimum atomic E-state index is -0.277. The van der Waals surface area contributed by atoms with Crippen molar-refractivity contribution >= 4 is 0 Å². The zero-order chi connectivity index (χ0) is 10.2. The molecule has 2 rings (SSSR count). The van der Waals surface area contributed by atoms with E-state index in [9.17, 15) is 0 Å². The summed E-state index contributed by atoms with van der Waals surface area (Å²) in [4.78, 5) is 2.16. The van der Waals surface area contributed by atoms with Crippen molar-refractivity contribution in [3.8, 4) is 0 Å². The molecule has 80 valence electrons. The Kier molecular flexibility index (Phi) is 2.39. The average molecular weight is 197 g/mol. The quantitative estimate of drug-likeness (QED) is 0.498. The summed E-state index contributed by atoms with van der Waals surface area (Å²) in [5.74, 6) is 0. The topological polar surface area (TPSA) is 75.5 Å². The van der Waals surface area contributed by atoms with Crippen LogP contribution in [0.15, 0.2) is 12.2 Å². The van der Waals surface area contributed by atoms with Gasteiger partial charge in [0, 0.05) is 30.7 Å². The third-order valence-corrected chi connectivity index (χ3v) is 3.13. The summed E-state index contributed by atoms with van der Waals surface area (Å²) in [6.07, 6.45) is 5.92. The molecule has 0 spiro atoms. The Morgan fingerprint density at radius 2 is 2.14 bits per heavy atom. The van der Waals surface area contributed by atoms with E-state index in [2.05, 4.69) is 17.1 Å². The van der Waals surface area contributed by atoms with Gasteiger partial charge in [-0.1, -0.05) is 12.2 Å². The zero-order valence-electron chi connectivity index (χ0n) is 8.45. The number of rotatable bonds is 2. The van der Waals surface area contributed by atoms with Crippen molar-refractivity contribution in [2.45, 2.75) is 23.9 Å². The van der Waals surface area contributed by atoms with Gasteiger partial charge < -0.3 is 16.6 Å². The van der Waals surface area contributed by atoms with Gasteiger partial charge in [-0.25, -0.2) is 0 Å². The van der Waals surface area contributed by atoms with E-state index in [1.165, 1.54) is 0 Å². The van der Waals surface area contributed by atoms with Gasteiger partial charge in [0.1, 0.15) is 0 Å². The number of hydrogen-bond donors (Lipinski definition) is 3. The van der Waals surface area contributed by atoms with Crippen LogP contribution in [0.1, 0.15) is 12.8 Å². The summed E-state index contributed by atoms with van der Waals surface area (Å²) in [7, 11) is 0. The van der Waals surface area contributed by atoms with Crippen LogP contribution in [0, 0.1) is 0 Å². The van der Waals surface area contributed by atoms with Crippen molar-refractivity contribution in [2.24, 2.45) is 11.5 Å². The third kappa shape index (κ3) is 1.83. The Hall–Kier alpha value is -0.420. The fourth-order valence-electron chi connectivity index (χ4n) is 2.76. The molecule has 4 heteroatoms. The van der Waals surface area contributed by atoms with E-state index in [1.54, 1.807) is 0 Å². The molecule has 0 aromatic heterocycles. The second-order valence-electron chi connectivity index (χ2n) is 4.81. The molecule has 1 aliphatic carbocycles. The van der Waals surface area contributed by atoms with Gasteiger partial charge in [-0.2, -0.15) is 0 Å². The molecule has 1 heterocycles. The van der Waals surface area contributed by atoms with Gasteiger partial charge in [-0.3, -0.25) is 4.90 Å². The molecule has 0 saturated carbocycles. The van der Waals surface area contributed by atoms with Crippen LogP contribution in [0.25, 0.3) is 0 Å². The molecule has 0 aromatic carbocycles. The summed E-state index contributed by atoms with van der Waals surface area (Å²) < 4.78 is 0. The normalized spacial score (nSPS) is 42.8. The predicted octanol–water partition coefficient (Wildman–Crippen LogP) is -0.961. The van der Waals surface area contributed by atoms with Crippen molar-refractivity contribution in [3.05, 3.63) is 12.2 Å². The van der Waals surface area contributed by atoms with Crippen molar-refractivity contribution in [1.29, 1.82) is 0 Å². The largest absolute Gasteiger partial charge is 0.395 e. The molecule has 1 saturated heterocycles. The molecule has 0 amide bonds. The van der Waals surface area contributed by atoms with Crippen LogP contribution < -0.4 is 11.5 Å². The van der Waals surface area contributed by atoms with Gasteiger partial charge >= 0.3 is 0 Å². The van der Waals surface area contributed by atoms with Crippen LogP contribution in [0.5, 0.6) is 0 Å². The lowest BCUT2D eigenvalue weighted by Crippen LogP contribution is -2.67. The van der Waals surface area contributed by atoms with E-state index in [1.807, 2.05) is 0 Å². The minimum Gasteiger partial charge on any atom is -0.395 e. The van der Waals surface area contributed by atoms with Crippen LogP contribution in [0.2, 0.25) is 0 Å². The highest BCUT2D eigenvalue weighted by Crippen LogP contribution is 2.32. The Morgan fingerprint density at radius 1 is 1.36 bits per heavy atom. The number of aliphatic hydroxyl groups excluding tert-OH is 1. The van der Waals surface area contributed by atoms with Gasteiger partial charge in [0.2, 0.25) is 0 Å². The lowest BCUT2D eigenvalue weighted by atomic mass is 9.73. The molecule has 1 fully saturated rings. The fraction of sp³-hybridized carbons (Fsp3) is 0.800. The van der Waals surface area contributed by atoms with E-state index in [0.29, 0.717) is 6.54 Å². The second kappa shape index (κ2) is 3.31. The Morgan fingerprint density at radius 3 is 2.79 bits per heavy atom. The van der Waals surface area contributed by atoms with E-state index in [0.717, 1.165) is 25.9 Å². The van der Waals surface area contributed by atoms with Crippen LogP contribution in [0.3, 0.4) is 0 Å². The van der Waals surface area contributed by atoms with Crippen LogP contribution in [0.4, 0.5) is 0 Å². The van der Waals surface area contributed by atoms with Crippen molar-refractivity contribution < 1.29 is 5.11 Å². The van der Waals surface area contributed by atoms with Gasteiger partial charge in [0.05, 0.1) is 6.61 Å². The zero-order valence-corrected chi connectivity index (χ0v) is 8.45. The number of hydrogen-bond acceptors (Lipinski definition) is 4. The number of likely N-dealkylation sites (tertiary alicyclic amines) is 1. The lowest BCUT2D eigenvalue weighted by Gasteiger charge is -2.50. The predicted molar refractivity (Wildman–Crippen MR) is 55.7 cm³/mol. The Bertz CT molecular complexity index is 256. The first-order valence-corrected chi connectivity index (χ1v) is 5.14. The summed E-state index contributed by atoms with van der Waals surface area (Å²) in [6, 6.07) is 0. The minimum absolute atomic E-state index is 0.176. The summed E-state index contributed by atoms with van der Waals surface area (Å²) in [5.41, 5.74) is 12.0.